The Hall–Kier alpha value is -0.530. The first kappa shape index (κ1) is 11.9. The number of benzene rings is 1. The highest BCUT2D eigenvalue weighted by molar-refractivity contribution is 6.30. The van der Waals surface area contributed by atoms with E-state index in [1.54, 1.807) is 0 Å². The van der Waals surface area contributed by atoms with Crippen LogP contribution in [0, 0.1) is 11.8 Å². The summed E-state index contributed by atoms with van der Waals surface area (Å²) in [5.41, 5.74) is 7.55. The third kappa shape index (κ3) is 2.99. The summed E-state index contributed by atoms with van der Waals surface area (Å²) in [6, 6.07) is 8.55. The van der Waals surface area contributed by atoms with Gasteiger partial charge < -0.3 is 5.73 Å². The zero-order valence-corrected chi connectivity index (χ0v) is 10.6. The second kappa shape index (κ2) is 5.20. The van der Waals surface area contributed by atoms with Crippen LogP contribution in [-0.2, 0) is 6.42 Å². The van der Waals surface area contributed by atoms with Crippen molar-refractivity contribution in [2.24, 2.45) is 17.6 Å². The van der Waals surface area contributed by atoms with E-state index in [1.807, 2.05) is 12.1 Å². The molecule has 0 aliphatic heterocycles. The molecule has 1 aromatic carbocycles. The summed E-state index contributed by atoms with van der Waals surface area (Å²) >= 11 is 5.88. The second-order valence-electron chi connectivity index (χ2n) is 5.17. The predicted octanol–water partition coefficient (Wildman–Crippen LogP) is 3.65. The number of hydrogen-bond acceptors (Lipinski definition) is 1. The van der Waals surface area contributed by atoms with Crippen LogP contribution in [-0.4, -0.2) is 6.04 Å². The van der Waals surface area contributed by atoms with Crippen molar-refractivity contribution in [3.8, 4) is 0 Å². The third-order valence-electron chi connectivity index (χ3n) is 3.71. The van der Waals surface area contributed by atoms with Crippen LogP contribution in [0.5, 0.6) is 0 Å². The van der Waals surface area contributed by atoms with Gasteiger partial charge in [-0.2, -0.15) is 0 Å². The van der Waals surface area contributed by atoms with Gasteiger partial charge in [-0.05, 0) is 55.2 Å². The van der Waals surface area contributed by atoms with Crippen LogP contribution >= 0.6 is 11.6 Å². The molecule has 1 saturated carbocycles. The Balaban J connectivity index is 2.00. The zero-order chi connectivity index (χ0) is 11.5. The molecule has 2 heteroatoms. The summed E-state index contributed by atoms with van der Waals surface area (Å²) < 4.78 is 0. The zero-order valence-electron chi connectivity index (χ0n) is 9.83. The van der Waals surface area contributed by atoms with Crippen LogP contribution in [0.1, 0.15) is 31.7 Å². The fraction of sp³-hybridized carbons (Fsp3) is 0.571. The fourth-order valence-corrected chi connectivity index (χ4v) is 2.81. The number of nitrogens with two attached hydrogens (primary N) is 1. The molecule has 0 bridgehead atoms. The molecule has 88 valence electrons. The Morgan fingerprint density at radius 1 is 1.25 bits per heavy atom. The van der Waals surface area contributed by atoms with Crippen molar-refractivity contribution in [3.63, 3.8) is 0 Å². The maximum Gasteiger partial charge on any atom is 0.0406 e. The lowest BCUT2D eigenvalue weighted by Gasteiger charge is -2.32. The first-order chi connectivity index (χ1) is 7.65. The van der Waals surface area contributed by atoms with Crippen molar-refractivity contribution < 1.29 is 0 Å². The molecule has 0 amide bonds. The van der Waals surface area contributed by atoms with E-state index in [2.05, 4.69) is 19.1 Å². The van der Waals surface area contributed by atoms with Gasteiger partial charge in [0.1, 0.15) is 0 Å². The monoisotopic (exact) mass is 237 g/mol. The molecule has 0 aromatic heterocycles. The summed E-state index contributed by atoms with van der Waals surface area (Å²) in [5.74, 6) is 1.47. The molecule has 1 nitrogen and oxygen atoms in total. The van der Waals surface area contributed by atoms with E-state index in [9.17, 15) is 0 Å². The van der Waals surface area contributed by atoms with E-state index in [4.69, 9.17) is 17.3 Å². The number of rotatable bonds is 2. The van der Waals surface area contributed by atoms with Crippen molar-refractivity contribution in [1.82, 2.24) is 0 Å². The summed E-state index contributed by atoms with van der Waals surface area (Å²) in [6.45, 7) is 2.33. The van der Waals surface area contributed by atoms with Crippen LogP contribution in [0.25, 0.3) is 0 Å². The van der Waals surface area contributed by atoms with Crippen LogP contribution in [0.15, 0.2) is 24.3 Å². The van der Waals surface area contributed by atoms with Gasteiger partial charge in [0.25, 0.3) is 0 Å². The first-order valence-corrected chi connectivity index (χ1v) is 6.53. The maximum absolute atomic E-state index is 6.19. The molecule has 0 saturated heterocycles. The van der Waals surface area contributed by atoms with Crippen molar-refractivity contribution in [3.05, 3.63) is 34.9 Å². The fourth-order valence-electron chi connectivity index (χ4n) is 2.68. The van der Waals surface area contributed by atoms with E-state index in [0.29, 0.717) is 12.0 Å². The molecule has 16 heavy (non-hydrogen) atoms. The van der Waals surface area contributed by atoms with Gasteiger partial charge in [-0.25, -0.2) is 0 Å². The Morgan fingerprint density at radius 2 is 1.94 bits per heavy atom. The molecule has 0 spiro atoms. The second-order valence-corrected chi connectivity index (χ2v) is 5.61. The average molecular weight is 238 g/mol. The Labute approximate surface area is 103 Å². The highest BCUT2D eigenvalue weighted by Crippen LogP contribution is 2.30. The van der Waals surface area contributed by atoms with Gasteiger partial charge in [0.05, 0.1) is 0 Å². The van der Waals surface area contributed by atoms with Gasteiger partial charge in [-0.1, -0.05) is 30.7 Å². The standard InChI is InChI=1S/C14H20ClN/c1-10-2-7-14(16)12(8-10)9-11-3-5-13(15)6-4-11/h3-6,10,12,14H,2,7-9,16H2,1H3. The third-order valence-corrected chi connectivity index (χ3v) is 3.97. The van der Waals surface area contributed by atoms with Gasteiger partial charge in [-0.15, -0.1) is 0 Å². The van der Waals surface area contributed by atoms with E-state index < -0.39 is 0 Å². The highest BCUT2D eigenvalue weighted by atomic mass is 35.5. The topological polar surface area (TPSA) is 26.0 Å². The molecule has 1 aliphatic rings. The van der Waals surface area contributed by atoms with Gasteiger partial charge in [0, 0.05) is 11.1 Å². The van der Waals surface area contributed by atoms with E-state index >= 15 is 0 Å². The summed E-state index contributed by atoms with van der Waals surface area (Å²) in [7, 11) is 0. The van der Waals surface area contributed by atoms with E-state index in [1.165, 1.54) is 24.8 Å². The van der Waals surface area contributed by atoms with Gasteiger partial charge in [-0.3, -0.25) is 0 Å². The van der Waals surface area contributed by atoms with Crippen LogP contribution in [0.3, 0.4) is 0 Å². The average Bonchev–Trinajstić information content (AvgIpc) is 2.27. The van der Waals surface area contributed by atoms with Crippen molar-refractivity contribution in [1.29, 1.82) is 0 Å². The van der Waals surface area contributed by atoms with E-state index in [-0.39, 0.29) is 0 Å². The molecule has 1 aromatic rings. The summed E-state index contributed by atoms with van der Waals surface area (Å²) in [6.07, 6.45) is 4.84. The molecular weight excluding hydrogens is 218 g/mol. The predicted molar refractivity (Wildman–Crippen MR) is 69.6 cm³/mol. The van der Waals surface area contributed by atoms with Gasteiger partial charge in [0.2, 0.25) is 0 Å². The number of hydrogen-bond donors (Lipinski definition) is 1. The minimum atomic E-state index is 0.381. The largest absolute Gasteiger partial charge is 0.327 e. The molecule has 1 aliphatic carbocycles. The minimum Gasteiger partial charge on any atom is -0.327 e. The van der Waals surface area contributed by atoms with E-state index in [0.717, 1.165) is 17.4 Å². The number of halogens is 1. The Bertz CT molecular complexity index is 333. The molecule has 2 N–H and O–H groups in total. The molecular formula is C14H20ClN. The van der Waals surface area contributed by atoms with Gasteiger partial charge in [0.15, 0.2) is 0 Å². The molecule has 3 atom stereocenters. The molecule has 1 fully saturated rings. The van der Waals surface area contributed by atoms with Gasteiger partial charge >= 0.3 is 0 Å². The first-order valence-electron chi connectivity index (χ1n) is 6.15. The molecule has 0 radical (unpaired) electrons. The molecule has 0 heterocycles. The quantitative estimate of drug-likeness (QED) is 0.835. The Morgan fingerprint density at radius 3 is 2.62 bits per heavy atom. The van der Waals surface area contributed by atoms with Crippen LogP contribution in [0.4, 0.5) is 0 Å². The highest BCUT2D eigenvalue weighted by Gasteiger charge is 2.25. The lowest BCUT2D eigenvalue weighted by molar-refractivity contribution is 0.245. The molecule has 3 unspecified atom stereocenters. The lowest BCUT2D eigenvalue weighted by Crippen LogP contribution is -2.36. The minimum absolute atomic E-state index is 0.381. The van der Waals surface area contributed by atoms with Crippen molar-refractivity contribution >= 4 is 11.6 Å². The maximum atomic E-state index is 6.19. The summed E-state index contributed by atoms with van der Waals surface area (Å²) in [5, 5.41) is 0.810. The van der Waals surface area contributed by atoms with Crippen LogP contribution < -0.4 is 5.73 Å². The van der Waals surface area contributed by atoms with Crippen molar-refractivity contribution in [2.45, 2.75) is 38.6 Å². The summed E-state index contributed by atoms with van der Waals surface area (Å²) in [4.78, 5) is 0. The van der Waals surface area contributed by atoms with Crippen molar-refractivity contribution in [2.75, 3.05) is 0 Å². The Kier molecular flexibility index (Phi) is 3.88. The SMILES string of the molecule is CC1CCC(N)C(Cc2ccc(Cl)cc2)C1. The molecule has 2 rings (SSSR count). The normalized spacial score (nSPS) is 30.3. The smallest absolute Gasteiger partial charge is 0.0406 e. The van der Waals surface area contributed by atoms with Crippen LogP contribution in [0.2, 0.25) is 5.02 Å². The lowest BCUT2D eigenvalue weighted by atomic mass is 9.76.